The number of nitrogens with one attached hydrogen (secondary N) is 1. The predicted molar refractivity (Wildman–Crippen MR) is 104 cm³/mol. The predicted octanol–water partition coefficient (Wildman–Crippen LogP) is 2.85. The number of carbonyl (C=O) groups is 1. The van der Waals surface area contributed by atoms with Crippen molar-refractivity contribution in [1.82, 2.24) is 25.0 Å². The van der Waals surface area contributed by atoms with Crippen LogP contribution < -0.4 is 5.32 Å². The molecule has 2 aromatic rings. The molecule has 1 aliphatic heterocycles. The van der Waals surface area contributed by atoms with Crippen LogP contribution in [0.5, 0.6) is 0 Å². The number of fused-ring (bicyclic) bond motifs is 1. The Morgan fingerprint density at radius 2 is 1.96 bits per heavy atom. The van der Waals surface area contributed by atoms with E-state index in [1.165, 1.54) is 43.2 Å². The molecule has 6 heteroatoms. The molecule has 1 aromatic heterocycles. The highest BCUT2D eigenvalue weighted by molar-refractivity contribution is 5.82. The van der Waals surface area contributed by atoms with E-state index in [0.717, 1.165) is 25.3 Å². The number of likely N-dealkylation sites (N-methyl/N-ethyl adjacent to an activating group) is 1. The Labute approximate surface area is 161 Å². The highest BCUT2D eigenvalue weighted by Gasteiger charge is 2.30. The van der Waals surface area contributed by atoms with Gasteiger partial charge in [-0.1, -0.05) is 50.5 Å². The monoisotopic (exact) mass is 367 g/mol. The van der Waals surface area contributed by atoms with E-state index in [9.17, 15) is 4.79 Å². The summed E-state index contributed by atoms with van der Waals surface area (Å²) in [4.78, 5) is 15.2. The third-order valence-electron chi connectivity index (χ3n) is 6.09. The van der Waals surface area contributed by atoms with E-state index in [2.05, 4.69) is 56.2 Å². The lowest BCUT2D eigenvalue weighted by Crippen LogP contribution is -2.50. The van der Waals surface area contributed by atoms with E-state index in [-0.39, 0.29) is 11.9 Å². The molecule has 0 spiro atoms. The largest absolute Gasteiger partial charge is 0.347 e. The first kappa shape index (κ1) is 18.2. The van der Waals surface area contributed by atoms with Gasteiger partial charge in [-0.25, -0.2) is 0 Å². The minimum atomic E-state index is -0.115. The van der Waals surface area contributed by atoms with Crippen molar-refractivity contribution in [3.63, 3.8) is 0 Å². The number of carbonyl (C=O) groups excluding carboxylic acids is 1. The molecule has 6 nitrogen and oxygen atoms in total. The average Bonchev–Trinajstić information content (AvgIpc) is 3.20. The van der Waals surface area contributed by atoms with Crippen LogP contribution in [0.3, 0.4) is 0 Å². The third-order valence-corrected chi connectivity index (χ3v) is 6.09. The summed E-state index contributed by atoms with van der Waals surface area (Å²) in [6.45, 7) is 4.27. The van der Waals surface area contributed by atoms with Gasteiger partial charge in [0.05, 0.1) is 12.6 Å². The van der Waals surface area contributed by atoms with Gasteiger partial charge in [-0.15, -0.1) is 10.2 Å². The van der Waals surface area contributed by atoms with Crippen molar-refractivity contribution in [3.05, 3.63) is 47.5 Å². The molecule has 0 bridgehead atoms. The summed E-state index contributed by atoms with van der Waals surface area (Å²) in [6.07, 6.45) is 8.81. The summed E-state index contributed by atoms with van der Waals surface area (Å²) in [6, 6.07) is 8.80. The molecule has 2 aliphatic rings. The topological polar surface area (TPSA) is 63.1 Å². The normalized spacial score (nSPS) is 21.0. The quantitative estimate of drug-likeness (QED) is 0.883. The summed E-state index contributed by atoms with van der Waals surface area (Å²) in [5, 5.41) is 11.5. The molecule has 0 saturated heterocycles. The summed E-state index contributed by atoms with van der Waals surface area (Å²) < 4.78 is 2.17. The number of hydrogen-bond donors (Lipinski definition) is 1. The number of amides is 1. The van der Waals surface area contributed by atoms with Crippen molar-refractivity contribution in [1.29, 1.82) is 0 Å². The van der Waals surface area contributed by atoms with Gasteiger partial charge >= 0.3 is 0 Å². The Morgan fingerprint density at radius 1 is 1.19 bits per heavy atom. The van der Waals surface area contributed by atoms with Crippen molar-refractivity contribution in [2.75, 3.05) is 6.54 Å². The van der Waals surface area contributed by atoms with Gasteiger partial charge in [0.1, 0.15) is 6.33 Å². The Kier molecular flexibility index (Phi) is 5.53. The Morgan fingerprint density at radius 3 is 2.74 bits per heavy atom. The fraction of sp³-hybridized carbons (Fsp3) is 0.571. The zero-order chi connectivity index (χ0) is 18.6. The van der Waals surface area contributed by atoms with Crippen LogP contribution in [0.15, 0.2) is 30.6 Å². The van der Waals surface area contributed by atoms with Crippen LogP contribution >= 0.6 is 0 Å². The minimum Gasteiger partial charge on any atom is -0.347 e. The van der Waals surface area contributed by atoms with Gasteiger partial charge in [0, 0.05) is 12.6 Å². The van der Waals surface area contributed by atoms with E-state index in [1.807, 2.05) is 6.33 Å². The smallest absolute Gasteiger partial charge is 0.238 e. The second kappa shape index (κ2) is 8.21. The third kappa shape index (κ3) is 3.90. The molecule has 1 aliphatic carbocycles. The van der Waals surface area contributed by atoms with Crippen LogP contribution in [-0.4, -0.2) is 38.2 Å². The van der Waals surface area contributed by atoms with E-state index in [4.69, 9.17) is 0 Å². The molecule has 4 rings (SSSR count). The van der Waals surface area contributed by atoms with Gasteiger partial charge in [0.2, 0.25) is 5.91 Å². The van der Waals surface area contributed by atoms with Crippen LogP contribution in [0, 0.1) is 0 Å². The molecule has 1 N–H and O–H groups in total. The summed E-state index contributed by atoms with van der Waals surface area (Å²) in [7, 11) is 0. The lowest BCUT2D eigenvalue weighted by Gasteiger charge is -2.35. The van der Waals surface area contributed by atoms with Gasteiger partial charge in [-0.05, 0) is 36.9 Å². The Hall–Kier alpha value is -2.21. The lowest BCUT2D eigenvalue weighted by molar-refractivity contribution is -0.127. The molecule has 144 valence electrons. The molecular weight excluding hydrogens is 338 g/mol. The molecule has 1 aromatic carbocycles. The zero-order valence-corrected chi connectivity index (χ0v) is 16.1. The number of rotatable bonds is 5. The van der Waals surface area contributed by atoms with Crippen molar-refractivity contribution < 1.29 is 4.79 Å². The number of nitrogens with zero attached hydrogens (tertiary/aromatic N) is 4. The van der Waals surface area contributed by atoms with Crippen LogP contribution in [-0.2, 0) is 24.3 Å². The fourth-order valence-electron chi connectivity index (χ4n) is 4.51. The van der Waals surface area contributed by atoms with Crippen LogP contribution in [0.25, 0.3) is 0 Å². The standard InChI is InChI=1S/C21H29N5O/c1-2-25-14-17-9-7-6-8-16(17)12-19(25)21(27)22-13-20-24-23-15-26(20)18-10-4-3-5-11-18/h6-9,15,18-19H,2-5,10-14H2,1H3,(H,22,27). The number of benzene rings is 1. The van der Waals surface area contributed by atoms with Gasteiger partial charge in [-0.2, -0.15) is 0 Å². The molecule has 27 heavy (non-hydrogen) atoms. The van der Waals surface area contributed by atoms with Crippen LogP contribution in [0.1, 0.15) is 62.0 Å². The molecule has 1 fully saturated rings. The highest BCUT2D eigenvalue weighted by atomic mass is 16.2. The first-order valence-corrected chi connectivity index (χ1v) is 10.2. The number of hydrogen-bond acceptors (Lipinski definition) is 4. The van der Waals surface area contributed by atoms with E-state index < -0.39 is 0 Å². The second-order valence-corrected chi connectivity index (χ2v) is 7.72. The van der Waals surface area contributed by atoms with Gasteiger partial charge in [0.15, 0.2) is 5.82 Å². The molecule has 1 unspecified atom stereocenters. The van der Waals surface area contributed by atoms with E-state index >= 15 is 0 Å². The van der Waals surface area contributed by atoms with E-state index in [0.29, 0.717) is 12.6 Å². The van der Waals surface area contributed by atoms with Gasteiger partial charge < -0.3 is 9.88 Å². The van der Waals surface area contributed by atoms with Crippen molar-refractivity contribution in [2.24, 2.45) is 0 Å². The van der Waals surface area contributed by atoms with Gasteiger partial charge in [-0.3, -0.25) is 9.69 Å². The van der Waals surface area contributed by atoms with Crippen molar-refractivity contribution in [3.8, 4) is 0 Å². The van der Waals surface area contributed by atoms with E-state index in [1.54, 1.807) is 0 Å². The van der Waals surface area contributed by atoms with Crippen molar-refractivity contribution in [2.45, 2.75) is 70.6 Å². The first-order valence-electron chi connectivity index (χ1n) is 10.2. The maximum absolute atomic E-state index is 12.9. The Bertz CT molecular complexity index is 780. The Balaban J connectivity index is 1.42. The van der Waals surface area contributed by atoms with Crippen LogP contribution in [0.4, 0.5) is 0 Å². The maximum atomic E-state index is 12.9. The maximum Gasteiger partial charge on any atom is 0.238 e. The minimum absolute atomic E-state index is 0.0875. The summed E-state index contributed by atoms with van der Waals surface area (Å²) >= 11 is 0. The number of aromatic nitrogens is 3. The average molecular weight is 367 g/mol. The molecule has 1 saturated carbocycles. The summed E-state index contributed by atoms with van der Waals surface area (Å²) in [5.74, 6) is 0.957. The van der Waals surface area contributed by atoms with Crippen molar-refractivity contribution >= 4 is 5.91 Å². The molecule has 2 heterocycles. The molecule has 1 amide bonds. The molecule has 0 radical (unpaired) electrons. The lowest BCUT2D eigenvalue weighted by atomic mass is 9.93. The van der Waals surface area contributed by atoms with Gasteiger partial charge in [0.25, 0.3) is 0 Å². The van der Waals surface area contributed by atoms with Crippen LogP contribution in [0.2, 0.25) is 0 Å². The zero-order valence-electron chi connectivity index (χ0n) is 16.1. The second-order valence-electron chi connectivity index (χ2n) is 7.72. The summed E-state index contributed by atoms with van der Waals surface area (Å²) in [5.41, 5.74) is 2.62. The highest BCUT2D eigenvalue weighted by Crippen LogP contribution is 2.28. The SMILES string of the molecule is CCN1Cc2ccccc2CC1C(=O)NCc1nncn1C1CCCCC1. The molecular formula is C21H29N5O. The molecule has 1 atom stereocenters. The first-order chi connectivity index (χ1) is 13.3. The fourth-order valence-corrected chi connectivity index (χ4v) is 4.51.